The zero-order valence-corrected chi connectivity index (χ0v) is 14.8. The molecule has 0 radical (unpaired) electrons. The molecule has 0 aliphatic carbocycles. The summed E-state index contributed by atoms with van der Waals surface area (Å²) in [7, 11) is 0. The summed E-state index contributed by atoms with van der Waals surface area (Å²) in [5, 5.41) is 4.21. The maximum Gasteiger partial charge on any atom is 0.226 e. The van der Waals surface area contributed by atoms with Gasteiger partial charge in [0.15, 0.2) is 0 Å². The maximum absolute atomic E-state index is 12.4. The molecule has 0 fully saturated rings. The van der Waals surface area contributed by atoms with E-state index in [1.807, 2.05) is 47.2 Å². The minimum atomic E-state index is 0.00912. The minimum Gasteiger partial charge on any atom is -0.361 e. The molecule has 2 aromatic heterocycles. The number of fused-ring (bicyclic) bond motifs is 2. The van der Waals surface area contributed by atoms with Gasteiger partial charge in [0.25, 0.3) is 0 Å². The van der Waals surface area contributed by atoms with E-state index in [-0.39, 0.29) is 5.91 Å². The van der Waals surface area contributed by atoms with Gasteiger partial charge in [0, 0.05) is 30.1 Å². The zero-order valence-electron chi connectivity index (χ0n) is 14.8. The van der Waals surface area contributed by atoms with Gasteiger partial charge in [0.05, 0.1) is 11.0 Å². The molecule has 4 aromatic rings. The molecule has 132 valence electrons. The third-order valence-electron chi connectivity index (χ3n) is 4.75. The van der Waals surface area contributed by atoms with E-state index in [0.29, 0.717) is 12.4 Å². The Morgan fingerprint density at radius 2 is 1.96 bits per heavy atom. The normalized spacial score (nSPS) is 11.3. The molecule has 5 heteroatoms. The van der Waals surface area contributed by atoms with E-state index in [2.05, 4.69) is 34.3 Å². The number of nitrogens with one attached hydrogen (secondary N) is 2. The van der Waals surface area contributed by atoms with E-state index in [9.17, 15) is 4.79 Å². The number of aromatic nitrogens is 3. The molecular formula is C21H22N4O. The fraction of sp³-hybridized carbons (Fsp3) is 0.238. The SMILES string of the molecule is CCn1c(NC(=O)CCCc2c[nH]c3ccccc23)nc2ccccc21. The van der Waals surface area contributed by atoms with E-state index in [0.717, 1.165) is 35.9 Å². The Balaban J connectivity index is 1.40. The van der Waals surface area contributed by atoms with Crippen molar-refractivity contribution in [3.8, 4) is 0 Å². The van der Waals surface area contributed by atoms with Crippen LogP contribution in [-0.4, -0.2) is 20.4 Å². The quantitative estimate of drug-likeness (QED) is 0.540. The van der Waals surface area contributed by atoms with Gasteiger partial charge < -0.3 is 9.55 Å². The third kappa shape index (κ3) is 3.08. The predicted octanol–water partition coefficient (Wildman–Crippen LogP) is 4.50. The van der Waals surface area contributed by atoms with Crippen molar-refractivity contribution in [1.29, 1.82) is 0 Å². The van der Waals surface area contributed by atoms with E-state index in [1.165, 1.54) is 10.9 Å². The van der Waals surface area contributed by atoms with Gasteiger partial charge >= 0.3 is 0 Å². The van der Waals surface area contributed by atoms with Crippen LogP contribution in [0.5, 0.6) is 0 Å². The van der Waals surface area contributed by atoms with Crippen molar-refractivity contribution in [1.82, 2.24) is 14.5 Å². The van der Waals surface area contributed by atoms with Crippen molar-refractivity contribution in [3.63, 3.8) is 0 Å². The van der Waals surface area contributed by atoms with Crippen molar-refractivity contribution >= 4 is 33.8 Å². The van der Waals surface area contributed by atoms with Gasteiger partial charge in [-0.15, -0.1) is 0 Å². The lowest BCUT2D eigenvalue weighted by Gasteiger charge is -2.07. The molecule has 0 spiro atoms. The summed E-state index contributed by atoms with van der Waals surface area (Å²) in [4.78, 5) is 20.2. The van der Waals surface area contributed by atoms with Crippen LogP contribution in [-0.2, 0) is 17.8 Å². The first-order chi connectivity index (χ1) is 12.8. The lowest BCUT2D eigenvalue weighted by molar-refractivity contribution is -0.116. The van der Waals surface area contributed by atoms with Crippen LogP contribution in [0.3, 0.4) is 0 Å². The molecule has 5 nitrogen and oxygen atoms in total. The highest BCUT2D eigenvalue weighted by Gasteiger charge is 2.12. The van der Waals surface area contributed by atoms with Crippen molar-refractivity contribution in [2.45, 2.75) is 32.7 Å². The van der Waals surface area contributed by atoms with Gasteiger partial charge in [-0.05, 0) is 43.5 Å². The molecule has 2 aromatic carbocycles. The van der Waals surface area contributed by atoms with E-state index >= 15 is 0 Å². The minimum absolute atomic E-state index is 0.00912. The molecule has 1 amide bonds. The highest BCUT2D eigenvalue weighted by Crippen LogP contribution is 2.21. The molecule has 4 rings (SSSR count). The fourth-order valence-electron chi connectivity index (χ4n) is 3.46. The molecule has 2 heterocycles. The lowest BCUT2D eigenvalue weighted by Crippen LogP contribution is -2.15. The number of carbonyl (C=O) groups excluding carboxylic acids is 1. The van der Waals surface area contributed by atoms with Gasteiger partial charge in [-0.25, -0.2) is 4.98 Å². The molecule has 0 saturated carbocycles. The highest BCUT2D eigenvalue weighted by atomic mass is 16.1. The zero-order chi connectivity index (χ0) is 17.9. The molecule has 0 aliphatic heterocycles. The summed E-state index contributed by atoms with van der Waals surface area (Å²) >= 11 is 0. The van der Waals surface area contributed by atoms with Crippen molar-refractivity contribution in [2.75, 3.05) is 5.32 Å². The number of aromatic amines is 1. The number of rotatable bonds is 6. The Bertz CT molecular complexity index is 1060. The Hall–Kier alpha value is -3.08. The Kier molecular flexibility index (Phi) is 4.44. The van der Waals surface area contributed by atoms with Crippen molar-refractivity contribution in [3.05, 3.63) is 60.3 Å². The van der Waals surface area contributed by atoms with Crippen LogP contribution in [0.2, 0.25) is 0 Å². The third-order valence-corrected chi connectivity index (χ3v) is 4.75. The predicted molar refractivity (Wildman–Crippen MR) is 105 cm³/mol. The number of nitrogens with zero attached hydrogens (tertiary/aromatic N) is 2. The second kappa shape index (κ2) is 7.04. The smallest absolute Gasteiger partial charge is 0.226 e. The summed E-state index contributed by atoms with van der Waals surface area (Å²) in [6, 6.07) is 16.2. The number of aryl methyl sites for hydroxylation is 2. The average molecular weight is 346 g/mol. The van der Waals surface area contributed by atoms with Crippen LogP contribution < -0.4 is 5.32 Å². The summed E-state index contributed by atoms with van der Waals surface area (Å²) in [5.74, 6) is 0.639. The monoisotopic (exact) mass is 346 g/mol. The van der Waals surface area contributed by atoms with Gasteiger partial charge in [-0.3, -0.25) is 10.1 Å². The average Bonchev–Trinajstić information content (AvgIpc) is 3.22. The van der Waals surface area contributed by atoms with Crippen LogP contribution in [0.15, 0.2) is 54.7 Å². The van der Waals surface area contributed by atoms with E-state index < -0.39 is 0 Å². The standard InChI is InChI=1S/C21H22N4O/c1-2-25-19-12-6-5-11-18(19)23-21(25)24-20(26)13-7-8-15-14-22-17-10-4-3-9-16(15)17/h3-6,9-12,14,22H,2,7-8,13H2,1H3,(H,23,24,26). The molecule has 0 atom stereocenters. The first-order valence-corrected chi connectivity index (χ1v) is 9.06. The number of hydrogen-bond donors (Lipinski definition) is 2. The number of para-hydroxylation sites is 3. The second-order valence-corrected chi connectivity index (χ2v) is 6.43. The second-order valence-electron chi connectivity index (χ2n) is 6.43. The molecule has 0 saturated heterocycles. The van der Waals surface area contributed by atoms with E-state index in [1.54, 1.807) is 0 Å². The van der Waals surface area contributed by atoms with Crippen molar-refractivity contribution in [2.24, 2.45) is 0 Å². The summed E-state index contributed by atoms with van der Waals surface area (Å²) < 4.78 is 2.03. The van der Waals surface area contributed by atoms with Crippen LogP contribution in [0.25, 0.3) is 21.9 Å². The van der Waals surface area contributed by atoms with Crippen LogP contribution in [0.1, 0.15) is 25.3 Å². The number of benzene rings is 2. The van der Waals surface area contributed by atoms with Gasteiger partial charge in [-0.1, -0.05) is 30.3 Å². The molecule has 0 aliphatic rings. The van der Waals surface area contributed by atoms with Crippen LogP contribution >= 0.6 is 0 Å². The molecular weight excluding hydrogens is 324 g/mol. The number of anilines is 1. The maximum atomic E-state index is 12.4. The molecule has 0 bridgehead atoms. The van der Waals surface area contributed by atoms with Crippen LogP contribution in [0, 0.1) is 0 Å². The summed E-state index contributed by atoms with van der Waals surface area (Å²) in [6.07, 6.45) is 4.20. The number of amides is 1. The fourth-order valence-corrected chi connectivity index (χ4v) is 3.46. The largest absolute Gasteiger partial charge is 0.361 e. The topological polar surface area (TPSA) is 62.7 Å². The number of imidazole rings is 1. The van der Waals surface area contributed by atoms with Gasteiger partial charge in [0.2, 0.25) is 11.9 Å². The Morgan fingerprint density at radius 1 is 1.15 bits per heavy atom. The molecule has 0 unspecified atom stereocenters. The molecule has 2 N–H and O–H groups in total. The van der Waals surface area contributed by atoms with E-state index in [4.69, 9.17) is 0 Å². The Morgan fingerprint density at radius 3 is 2.85 bits per heavy atom. The van der Waals surface area contributed by atoms with Gasteiger partial charge in [0.1, 0.15) is 0 Å². The van der Waals surface area contributed by atoms with Crippen LogP contribution in [0.4, 0.5) is 5.95 Å². The first kappa shape index (κ1) is 16.4. The van der Waals surface area contributed by atoms with Crippen molar-refractivity contribution < 1.29 is 4.79 Å². The number of H-pyrrole nitrogens is 1. The molecule has 26 heavy (non-hydrogen) atoms. The summed E-state index contributed by atoms with van der Waals surface area (Å²) in [5.41, 5.74) is 4.35. The number of carbonyl (C=O) groups is 1. The Labute approximate surface area is 152 Å². The first-order valence-electron chi connectivity index (χ1n) is 9.06. The number of hydrogen-bond acceptors (Lipinski definition) is 2. The highest BCUT2D eigenvalue weighted by molar-refractivity contribution is 5.91. The lowest BCUT2D eigenvalue weighted by atomic mass is 10.1. The van der Waals surface area contributed by atoms with Gasteiger partial charge in [-0.2, -0.15) is 0 Å². The summed E-state index contributed by atoms with van der Waals surface area (Å²) in [6.45, 7) is 2.83.